The third-order valence-corrected chi connectivity index (χ3v) is 3.33. The molecule has 6 heteroatoms. The lowest BCUT2D eigenvalue weighted by Gasteiger charge is -2.32. The summed E-state index contributed by atoms with van der Waals surface area (Å²) in [5.41, 5.74) is 9.81. The summed E-state index contributed by atoms with van der Waals surface area (Å²) in [4.78, 5) is 14.4. The van der Waals surface area contributed by atoms with Crippen LogP contribution in [-0.2, 0) is 0 Å². The second-order valence-electron chi connectivity index (χ2n) is 4.92. The van der Waals surface area contributed by atoms with Gasteiger partial charge >= 0.3 is 0 Å². The van der Waals surface area contributed by atoms with Gasteiger partial charge in [-0.2, -0.15) is 0 Å². The van der Waals surface area contributed by atoms with E-state index < -0.39 is 0 Å². The summed E-state index contributed by atoms with van der Waals surface area (Å²) in [6.45, 7) is 6.01. The van der Waals surface area contributed by atoms with Crippen LogP contribution in [0.25, 0.3) is 0 Å². The Morgan fingerprint density at radius 3 is 2.65 bits per heavy atom. The first-order chi connectivity index (χ1) is 9.60. The largest absolute Gasteiger partial charge is 0.492 e. The van der Waals surface area contributed by atoms with Gasteiger partial charge in [0.25, 0.3) is 5.91 Å². The normalized spacial score (nSPS) is 16.9. The van der Waals surface area contributed by atoms with Gasteiger partial charge in [-0.25, -0.2) is 5.01 Å². The van der Waals surface area contributed by atoms with Crippen molar-refractivity contribution < 1.29 is 9.53 Å². The quantitative estimate of drug-likeness (QED) is 0.788. The lowest BCUT2D eigenvalue weighted by molar-refractivity contribution is 0.0662. The molecule has 0 spiro atoms. The monoisotopic (exact) mass is 278 g/mol. The predicted octanol–water partition coefficient (Wildman–Crippen LogP) is 0.560. The van der Waals surface area contributed by atoms with Gasteiger partial charge in [0.15, 0.2) is 0 Å². The highest BCUT2D eigenvalue weighted by Crippen LogP contribution is 2.22. The molecule has 0 aliphatic carbocycles. The van der Waals surface area contributed by atoms with Crippen LogP contribution >= 0.6 is 0 Å². The fourth-order valence-electron chi connectivity index (χ4n) is 2.10. The van der Waals surface area contributed by atoms with E-state index in [4.69, 9.17) is 10.5 Å². The number of benzene rings is 1. The van der Waals surface area contributed by atoms with E-state index in [-0.39, 0.29) is 5.91 Å². The SMILES string of the molecule is CCOc1ccc(C(=O)NN2CCN(C)CC2)cc1N. The molecule has 1 aliphatic rings. The van der Waals surface area contributed by atoms with Crippen LogP contribution in [0.15, 0.2) is 18.2 Å². The Kier molecular flexibility index (Phi) is 4.81. The predicted molar refractivity (Wildman–Crippen MR) is 78.6 cm³/mol. The molecule has 1 aromatic rings. The van der Waals surface area contributed by atoms with Crippen molar-refractivity contribution in [3.05, 3.63) is 23.8 Å². The van der Waals surface area contributed by atoms with Crippen LogP contribution in [0.3, 0.4) is 0 Å². The molecule has 0 bridgehead atoms. The maximum Gasteiger partial charge on any atom is 0.265 e. The van der Waals surface area contributed by atoms with Crippen molar-refractivity contribution in [2.45, 2.75) is 6.92 Å². The molecule has 3 N–H and O–H groups in total. The van der Waals surface area contributed by atoms with Crippen molar-refractivity contribution in [2.75, 3.05) is 45.6 Å². The summed E-state index contributed by atoms with van der Waals surface area (Å²) in [5, 5.41) is 1.94. The van der Waals surface area contributed by atoms with E-state index in [1.54, 1.807) is 18.2 Å². The first-order valence-corrected chi connectivity index (χ1v) is 6.87. The maximum absolute atomic E-state index is 12.2. The summed E-state index contributed by atoms with van der Waals surface area (Å²) in [6, 6.07) is 5.11. The van der Waals surface area contributed by atoms with E-state index >= 15 is 0 Å². The second kappa shape index (κ2) is 6.58. The number of ether oxygens (including phenoxy) is 1. The molecule has 1 amide bonds. The summed E-state index contributed by atoms with van der Waals surface area (Å²) >= 11 is 0. The van der Waals surface area contributed by atoms with Crippen molar-refractivity contribution in [2.24, 2.45) is 0 Å². The Hall–Kier alpha value is -1.79. The fraction of sp³-hybridized carbons (Fsp3) is 0.500. The molecule has 6 nitrogen and oxygen atoms in total. The van der Waals surface area contributed by atoms with Crippen molar-refractivity contribution in [3.8, 4) is 5.75 Å². The molecule has 1 aliphatic heterocycles. The van der Waals surface area contributed by atoms with Crippen molar-refractivity contribution >= 4 is 11.6 Å². The van der Waals surface area contributed by atoms with Crippen LogP contribution in [0, 0.1) is 0 Å². The highest BCUT2D eigenvalue weighted by atomic mass is 16.5. The average molecular weight is 278 g/mol. The van der Waals surface area contributed by atoms with E-state index in [0.29, 0.717) is 23.6 Å². The van der Waals surface area contributed by atoms with Gasteiger partial charge in [-0.05, 0) is 32.2 Å². The van der Waals surface area contributed by atoms with Crippen LogP contribution in [0.1, 0.15) is 17.3 Å². The zero-order valence-corrected chi connectivity index (χ0v) is 12.1. The van der Waals surface area contributed by atoms with E-state index in [1.165, 1.54) is 0 Å². The Balaban J connectivity index is 1.97. The first kappa shape index (κ1) is 14.6. The van der Waals surface area contributed by atoms with Gasteiger partial charge in [0.2, 0.25) is 0 Å². The summed E-state index contributed by atoms with van der Waals surface area (Å²) < 4.78 is 5.36. The Morgan fingerprint density at radius 2 is 2.05 bits per heavy atom. The molecule has 0 atom stereocenters. The smallest absolute Gasteiger partial charge is 0.265 e. The molecule has 0 unspecified atom stereocenters. The number of carbonyl (C=O) groups excluding carboxylic acids is 1. The number of nitrogen functional groups attached to an aromatic ring is 1. The summed E-state index contributed by atoms with van der Waals surface area (Å²) in [7, 11) is 2.08. The summed E-state index contributed by atoms with van der Waals surface area (Å²) in [6.07, 6.45) is 0. The van der Waals surface area contributed by atoms with Gasteiger partial charge in [-0.15, -0.1) is 0 Å². The molecule has 110 valence electrons. The number of likely N-dealkylation sites (N-methyl/N-ethyl adjacent to an activating group) is 1. The van der Waals surface area contributed by atoms with Crippen LogP contribution < -0.4 is 15.9 Å². The highest BCUT2D eigenvalue weighted by Gasteiger charge is 2.17. The van der Waals surface area contributed by atoms with Crippen LogP contribution in [0.4, 0.5) is 5.69 Å². The molecular formula is C14H22N4O2. The molecular weight excluding hydrogens is 256 g/mol. The maximum atomic E-state index is 12.2. The molecule has 1 fully saturated rings. The first-order valence-electron chi connectivity index (χ1n) is 6.87. The zero-order chi connectivity index (χ0) is 14.5. The number of hydrogen-bond acceptors (Lipinski definition) is 5. The summed E-state index contributed by atoms with van der Waals surface area (Å²) in [5.74, 6) is 0.480. The number of nitrogens with zero attached hydrogens (tertiary/aromatic N) is 2. The van der Waals surface area contributed by atoms with Gasteiger partial charge in [0.1, 0.15) is 5.75 Å². The van der Waals surface area contributed by atoms with Gasteiger partial charge in [-0.1, -0.05) is 0 Å². The Morgan fingerprint density at radius 1 is 1.35 bits per heavy atom. The fourth-order valence-corrected chi connectivity index (χ4v) is 2.10. The van der Waals surface area contributed by atoms with Gasteiger partial charge in [0.05, 0.1) is 12.3 Å². The number of rotatable bonds is 4. The van der Waals surface area contributed by atoms with Crippen molar-refractivity contribution in [3.63, 3.8) is 0 Å². The molecule has 1 saturated heterocycles. The topological polar surface area (TPSA) is 70.8 Å². The van der Waals surface area contributed by atoms with Crippen LogP contribution in [-0.4, -0.2) is 55.6 Å². The van der Waals surface area contributed by atoms with E-state index in [0.717, 1.165) is 26.2 Å². The number of amides is 1. The molecule has 1 heterocycles. The minimum absolute atomic E-state index is 0.135. The van der Waals surface area contributed by atoms with E-state index in [2.05, 4.69) is 17.4 Å². The van der Waals surface area contributed by atoms with Crippen molar-refractivity contribution in [1.82, 2.24) is 15.3 Å². The molecule has 0 aromatic heterocycles. The van der Waals surface area contributed by atoms with Crippen LogP contribution in [0.5, 0.6) is 5.75 Å². The second-order valence-corrected chi connectivity index (χ2v) is 4.92. The third-order valence-electron chi connectivity index (χ3n) is 3.33. The van der Waals surface area contributed by atoms with Gasteiger partial charge in [-0.3, -0.25) is 10.2 Å². The number of nitrogens with one attached hydrogen (secondary N) is 1. The molecule has 2 rings (SSSR count). The van der Waals surface area contributed by atoms with Gasteiger partial charge < -0.3 is 15.4 Å². The lowest BCUT2D eigenvalue weighted by Crippen LogP contribution is -2.52. The number of nitrogens with two attached hydrogens (primary N) is 1. The Labute approximate surface area is 119 Å². The van der Waals surface area contributed by atoms with E-state index in [9.17, 15) is 4.79 Å². The number of piperazine rings is 1. The third kappa shape index (κ3) is 3.61. The molecule has 20 heavy (non-hydrogen) atoms. The van der Waals surface area contributed by atoms with E-state index in [1.807, 2.05) is 11.9 Å². The number of hydrogen-bond donors (Lipinski definition) is 2. The lowest BCUT2D eigenvalue weighted by atomic mass is 10.2. The van der Waals surface area contributed by atoms with Crippen molar-refractivity contribution in [1.29, 1.82) is 0 Å². The molecule has 0 radical (unpaired) electrons. The molecule has 1 aromatic carbocycles. The Bertz CT molecular complexity index is 470. The molecule has 0 saturated carbocycles. The number of carbonyl (C=O) groups is 1. The van der Waals surface area contributed by atoms with Crippen LogP contribution in [0.2, 0.25) is 0 Å². The number of anilines is 1. The zero-order valence-electron chi connectivity index (χ0n) is 12.1. The average Bonchev–Trinajstić information content (AvgIpc) is 2.44. The standard InChI is InChI=1S/C14H22N4O2/c1-3-20-13-5-4-11(10-12(13)15)14(19)16-18-8-6-17(2)7-9-18/h4-5,10H,3,6-9,15H2,1-2H3,(H,16,19). The minimum Gasteiger partial charge on any atom is -0.492 e. The number of hydrazine groups is 1. The highest BCUT2D eigenvalue weighted by molar-refractivity contribution is 5.95. The minimum atomic E-state index is -0.135. The van der Waals surface area contributed by atoms with Gasteiger partial charge in [0, 0.05) is 31.7 Å².